The second-order valence-corrected chi connectivity index (χ2v) is 9.88. The standard InChI is InChI=1S/C30H31NO7/c1-30(2,3)38-21-10-7-6-9-19(21)17-31-26(18-13-15-20(32)16-14-18)25(28(34)29(31)35)27(33)24-22(36-4)11-8-12-23(24)37-5/h6-16,26,32-33H,17H2,1-5H3/b27-25+. The second kappa shape index (κ2) is 10.5. The van der Waals surface area contributed by atoms with Gasteiger partial charge in [0.25, 0.3) is 11.7 Å². The number of likely N-dealkylation sites (tertiary alicyclic amines) is 1. The van der Waals surface area contributed by atoms with E-state index in [1.165, 1.54) is 31.3 Å². The molecule has 1 heterocycles. The van der Waals surface area contributed by atoms with E-state index >= 15 is 0 Å². The molecule has 1 fully saturated rings. The summed E-state index contributed by atoms with van der Waals surface area (Å²) in [5.41, 5.74) is 0.796. The van der Waals surface area contributed by atoms with Crippen LogP contribution in [0.5, 0.6) is 23.0 Å². The van der Waals surface area contributed by atoms with Crippen molar-refractivity contribution >= 4 is 17.4 Å². The lowest BCUT2D eigenvalue weighted by Crippen LogP contribution is -2.30. The van der Waals surface area contributed by atoms with E-state index in [9.17, 15) is 19.8 Å². The molecule has 1 aliphatic heterocycles. The molecule has 3 aromatic rings. The normalized spacial score (nSPS) is 17.0. The molecule has 8 nitrogen and oxygen atoms in total. The first kappa shape index (κ1) is 26.6. The average molecular weight is 518 g/mol. The number of nitrogens with zero attached hydrogens (tertiary/aromatic N) is 1. The van der Waals surface area contributed by atoms with Crippen LogP contribution in [-0.2, 0) is 16.1 Å². The third-order valence-corrected chi connectivity index (χ3v) is 6.14. The Bertz CT molecular complexity index is 1360. The van der Waals surface area contributed by atoms with Crippen molar-refractivity contribution in [3.63, 3.8) is 0 Å². The van der Waals surface area contributed by atoms with Gasteiger partial charge in [0.1, 0.15) is 39.9 Å². The van der Waals surface area contributed by atoms with Gasteiger partial charge in [-0.05, 0) is 56.7 Å². The molecule has 0 saturated carbocycles. The van der Waals surface area contributed by atoms with Gasteiger partial charge in [0.05, 0.1) is 32.4 Å². The minimum absolute atomic E-state index is 0.0287. The van der Waals surface area contributed by atoms with Crippen molar-refractivity contribution < 1.29 is 34.0 Å². The van der Waals surface area contributed by atoms with Crippen molar-refractivity contribution in [2.24, 2.45) is 0 Å². The van der Waals surface area contributed by atoms with Crippen LogP contribution in [0, 0.1) is 0 Å². The molecule has 0 radical (unpaired) electrons. The number of methoxy groups -OCH3 is 2. The van der Waals surface area contributed by atoms with Gasteiger partial charge in [0.15, 0.2) is 0 Å². The third kappa shape index (κ3) is 5.16. The number of phenolic OH excluding ortho intramolecular Hbond substituents is 1. The van der Waals surface area contributed by atoms with E-state index < -0.39 is 29.1 Å². The Morgan fingerprint density at radius 2 is 1.45 bits per heavy atom. The van der Waals surface area contributed by atoms with Gasteiger partial charge in [0.2, 0.25) is 0 Å². The maximum absolute atomic E-state index is 13.5. The van der Waals surface area contributed by atoms with Crippen LogP contribution >= 0.6 is 0 Å². The number of hydrogen-bond donors (Lipinski definition) is 2. The number of aliphatic hydroxyl groups excluding tert-OH is 1. The molecular formula is C30H31NO7. The van der Waals surface area contributed by atoms with Gasteiger partial charge in [-0.1, -0.05) is 36.4 Å². The fraction of sp³-hybridized carbons (Fsp3) is 0.267. The average Bonchev–Trinajstić information content (AvgIpc) is 3.13. The molecule has 1 saturated heterocycles. The van der Waals surface area contributed by atoms with Crippen LogP contribution in [0.2, 0.25) is 0 Å². The molecule has 198 valence electrons. The summed E-state index contributed by atoms with van der Waals surface area (Å²) in [6.45, 7) is 5.81. The number of aliphatic hydroxyl groups is 1. The van der Waals surface area contributed by atoms with E-state index in [4.69, 9.17) is 14.2 Å². The van der Waals surface area contributed by atoms with Gasteiger partial charge >= 0.3 is 0 Å². The van der Waals surface area contributed by atoms with Gasteiger partial charge < -0.3 is 29.3 Å². The number of hydrogen-bond acceptors (Lipinski definition) is 7. The molecule has 1 amide bonds. The Balaban J connectivity index is 1.91. The van der Waals surface area contributed by atoms with E-state index in [0.29, 0.717) is 16.9 Å². The maximum atomic E-state index is 13.5. The topological polar surface area (TPSA) is 106 Å². The highest BCUT2D eigenvalue weighted by Crippen LogP contribution is 2.44. The number of ketones is 1. The minimum Gasteiger partial charge on any atom is -0.508 e. The van der Waals surface area contributed by atoms with Crippen LogP contribution in [-0.4, -0.2) is 46.6 Å². The SMILES string of the molecule is COc1cccc(OC)c1/C(O)=C1\C(=O)C(=O)N(Cc2ccccc2OC(C)(C)C)C1c1ccc(O)cc1. The van der Waals surface area contributed by atoms with Crippen LogP contribution in [0.1, 0.15) is 43.5 Å². The molecule has 0 aliphatic carbocycles. The number of carbonyl (C=O) groups excluding carboxylic acids is 2. The predicted molar refractivity (Wildman–Crippen MR) is 142 cm³/mol. The fourth-order valence-corrected chi connectivity index (χ4v) is 4.51. The number of rotatable bonds is 7. The van der Waals surface area contributed by atoms with Crippen LogP contribution in [0.15, 0.2) is 72.3 Å². The zero-order chi connectivity index (χ0) is 27.6. The number of aromatic hydroxyl groups is 1. The number of amides is 1. The smallest absolute Gasteiger partial charge is 0.295 e. The van der Waals surface area contributed by atoms with Crippen LogP contribution in [0.25, 0.3) is 5.76 Å². The van der Waals surface area contributed by atoms with Crippen LogP contribution < -0.4 is 14.2 Å². The lowest BCUT2D eigenvalue weighted by Gasteiger charge is -2.28. The van der Waals surface area contributed by atoms with Crippen molar-refractivity contribution in [1.29, 1.82) is 0 Å². The van der Waals surface area contributed by atoms with Gasteiger partial charge in [-0.2, -0.15) is 0 Å². The fourth-order valence-electron chi connectivity index (χ4n) is 4.51. The van der Waals surface area contributed by atoms with E-state index in [0.717, 1.165) is 0 Å². The van der Waals surface area contributed by atoms with Gasteiger partial charge in [-0.3, -0.25) is 9.59 Å². The number of Topliss-reactive ketones (excluding diaryl/α,β-unsaturated/α-hetero) is 1. The summed E-state index contributed by atoms with van der Waals surface area (Å²) in [4.78, 5) is 28.4. The molecule has 1 aliphatic rings. The quantitative estimate of drug-likeness (QED) is 0.252. The third-order valence-electron chi connectivity index (χ3n) is 6.14. The molecule has 0 bridgehead atoms. The predicted octanol–water partition coefficient (Wildman–Crippen LogP) is 5.21. The summed E-state index contributed by atoms with van der Waals surface area (Å²) < 4.78 is 17.0. The Morgan fingerprint density at radius 1 is 0.868 bits per heavy atom. The summed E-state index contributed by atoms with van der Waals surface area (Å²) in [7, 11) is 2.88. The molecule has 38 heavy (non-hydrogen) atoms. The van der Waals surface area contributed by atoms with E-state index in [1.54, 1.807) is 30.3 Å². The zero-order valence-corrected chi connectivity index (χ0v) is 22.0. The zero-order valence-electron chi connectivity index (χ0n) is 22.0. The molecule has 1 atom stereocenters. The van der Waals surface area contributed by atoms with E-state index in [2.05, 4.69) is 0 Å². The molecule has 0 aromatic heterocycles. The van der Waals surface area contributed by atoms with Crippen molar-refractivity contribution in [3.8, 4) is 23.0 Å². The van der Waals surface area contributed by atoms with Gasteiger partial charge in [-0.25, -0.2) is 0 Å². The summed E-state index contributed by atoms with van der Waals surface area (Å²) in [6.07, 6.45) is 0. The highest BCUT2D eigenvalue weighted by molar-refractivity contribution is 6.46. The Morgan fingerprint density at radius 3 is 2.03 bits per heavy atom. The molecule has 2 N–H and O–H groups in total. The molecule has 1 unspecified atom stereocenters. The molecular weight excluding hydrogens is 486 g/mol. The monoisotopic (exact) mass is 517 g/mol. The summed E-state index contributed by atoms with van der Waals surface area (Å²) in [5, 5.41) is 21.4. The molecule has 3 aromatic carbocycles. The number of carbonyl (C=O) groups is 2. The largest absolute Gasteiger partial charge is 0.508 e. The number of para-hydroxylation sites is 1. The summed E-state index contributed by atoms with van der Waals surface area (Å²) in [5.74, 6) is -0.870. The highest BCUT2D eigenvalue weighted by Gasteiger charge is 2.47. The first-order valence-electron chi connectivity index (χ1n) is 12.1. The Kier molecular flexibility index (Phi) is 7.35. The maximum Gasteiger partial charge on any atom is 0.295 e. The van der Waals surface area contributed by atoms with Crippen LogP contribution in [0.3, 0.4) is 0 Å². The number of phenols is 1. The van der Waals surface area contributed by atoms with Gasteiger partial charge in [-0.15, -0.1) is 0 Å². The van der Waals surface area contributed by atoms with Gasteiger partial charge in [0, 0.05) is 5.56 Å². The summed E-state index contributed by atoms with van der Waals surface area (Å²) in [6, 6.07) is 17.5. The van der Waals surface area contributed by atoms with Crippen LogP contribution in [0.4, 0.5) is 0 Å². The number of benzene rings is 3. The van der Waals surface area contributed by atoms with Crippen molar-refractivity contribution in [2.75, 3.05) is 14.2 Å². The molecule has 0 spiro atoms. The Labute approximate surface area is 221 Å². The first-order valence-corrected chi connectivity index (χ1v) is 12.1. The van der Waals surface area contributed by atoms with Crippen molar-refractivity contribution in [3.05, 3.63) is 89.0 Å². The van der Waals surface area contributed by atoms with E-state index in [-0.39, 0.29) is 34.9 Å². The van der Waals surface area contributed by atoms with Crippen molar-refractivity contribution in [2.45, 2.75) is 39.0 Å². The van der Waals surface area contributed by atoms with E-state index in [1.807, 2.05) is 45.0 Å². The molecule has 4 rings (SSSR count). The Hall–Kier alpha value is -4.46. The number of ether oxygens (including phenoxy) is 3. The lowest BCUT2D eigenvalue weighted by atomic mass is 9.94. The minimum atomic E-state index is -0.951. The second-order valence-electron chi connectivity index (χ2n) is 9.88. The summed E-state index contributed by atoms with van der Waals surface area (Å²) >= 11 is 0. The lowest BCUT2D eigenvalue weighted by molar-refractivity contribution is -0.140. The van der Waals surface area contributed by atoms with Crippen molar-refractivity contribution in [1.82, 2.24) is 4.90 Å². The first-order chi connectivity index (χ1) is 18.1. The highest BCUT2D eigenvalue weighted by atomic mass is 16.5. The molecule has 8 heteroatoms.